The summed E-state index contributed by atoms with van der Waals surface area (Å²) in [5.41, 5.74) is 1.97. The van der Waals surface area contributed by atoms with E-state index in [-0.39, 0.29) is 11.8 Å². The molecule has 1 aliphatic carbocycles. The van der Waals surface area contributed by atoms with Crippen LogP contribution in [-0.4, -0.2) is 45.2 Å². The van der Waals surface area contributed by atoms with E-state index in [1.807, 2.05) is 19.1 Å². The lowest BCUT2D eigenvalue weighted by atomic mass is 10.0. The lowest BCUT2D eigenvalue weighted by Crippen LogP contribution is -2.41. The van der Waals surface area contributed by atoms with E-state index in [0.717, 1.165) is 30.0 Å². The molecular formula is C19H29N3O3. The van der Waals surface area contributed by atoms with Crippen molar-refractivity contribution >= 4 is 23.2 Å². The molecule has 1 aromatic rings. The summed E-state index contributed by atoms with van der Waals surface area (Å²) in [6, 6.07) is 5.99. The molecule has 1 saturated carbocycles. The van der Waals surface area contributed by atoms with Crippen LogP contribution in [0.1, 0.15) is 32.3 Å². The predicted octanol–water partition coefficient (Wildman–Crippen LogP) is 2.32. The smallest absolute Gasteiger partial charge is 0.240 e. The molecule has 0 aromatic heterocycles. The molecule has 0 unspecified atom stereocenters. The second-order valence-electron chi connectivity index (χ2n) is 6.46. The van der Waals surface area contributed by atoms with Crippen LogP contribution in [0.2, 0.25) is 0 Å². The average molecular weight is 347 g/mol. The van der Waals surface area contributed by atoms with Crippen molar-refractivity contribution in [2.45, 2.75) is 33.6 Å². The third-order valence-corrected chi connectivity index (χ3v) is 4.80. The van der Waals surface area contributed by atoms with Crippen LogP contribution in [0.5, 0.6) is 0 Å². The summed E-state index contributed by atoms with van der Waals surface area (Å²) in [4.78, 5) is 27.2. The molecule has 0 aliphatic heterocycles. The van der Waals surface area contributed by atoms with E-state index in [0.29, 0.717) is 26.0 Å². The van der Waals surface area contributed by atoms with Gasteiger partial charge in [-0.05, 0) is 57.4 Å². The number of rotatable bonds is 9. The number of hydrogen-bond acceptors (Lipinski definition) is 4. The molecule has 2 amide bonds. The number of anilines is 2. The number of hydrogen-bond donors (Lipinski definition) is 2. The summed E-state index contributed by atoms with van der Waals surface area (Å²) in [7, 11) is 1.58. The maximum atomic E-state index is 12.6. The molecule has 2 rings (SSSR count). The Labute approximate surface area is 149 Å². The maximum absolute atomic E-state index is 12.6. The Balaban J connectivity index is 2.04. The molecule has 1 aromatic carbocycles. The van der Waals surface area contributed by atoms with Gasteiger partial charge in [-0.1, -0.05) is 0 Å². The molecule has 0 atom stereocenters. The van der Waals surface area contributed by atoms with Crippen molar-refractivity contribution in [2.24, 2.45) is 5.41 Å². The van der Waals surface area contributed by atoms with Crippen molar-refractivity contribution in [1.82, 2.24) is 5.32 Å². The minimum atomic E-state index is -0.919. The van der Waals surface area contributed by atoms with Gasteiger partial charge in [0.05, 0.1) is 6.61 Å². The number of benzene rings is 1. The van der Waals surface area contributed by atoms with Crippen molar-refractivity contribution in [3.63, 3.8) is 0 Å². The molecule has 0 bridgehead atoms. The van der Waals surface area contributed by atoms with Gasteiger partial charge in [0.2, 0.25) is 11.8 Å². The molecule has 138 valence electrons. The van der Waals surface area contributed by atoms with Crippen LogP contribution in [0.15, 0.2) is 18.2 Å². The van der Waals surface area contributed by atoms with Crippen LogP contribution >= 0.6 is 0 Å². The molecule has 0 saturated heterocycles. The summed E-state index contributed by atoms with van der Waals surface area (Å²) >= 11 is 0. The standard InChI is InChI=1S/C19H29N3O3/c1-5-22(6-2)15-7-8-16(14(3)13-15)21-18(24)19(9-10-19)17(23)20-11-12-25-4/h7-8,13H,5-6,9-12H2,1-4H3,(H,20,23)(H,21,24). The van der Waals surface area contributed by atoms with Crippen LogP contribution in [0.3, 0.4) is 0 Å². The van der Waals surface area contributed by atoms with Crippen molar-refractivity contribution in [1.29, 1.82) is 0 Å². The lowest BCUT2D eigenvalue weighted by molar-refractivity contribution is -0.134. The largest absolute Gasteiger partial charge is 0.383 e. The van der Waals surface area contributed by atoms with E-state index in [2.05, 4.69) is 35.4 Å². The number of nitrogens with zero attached hydrogens (tertiary/aromatic N) is 1. The van der Waals surface area contributed by atoms with Crippen LogP contribution in [0.25, 0.3) is 0 Å². The zero-order valence-corrected chi connectivity index (χ0v) is 15.6. The molecule has 25 heavy (non-hydrogen) atoms. The Morgan fingerprint density at radius 2 is 1.88 bits per heavy atom. The third kappa shape index (κ3) is 4.31. The van der Waals surface area contributed by atoms with E-state index in [1.54, 1.807) is 7.11 Å². The average Bonchev–Trinajstić information content (AvgIpc) is 3.40. The van der Waals surface area contributed by atoms with Gasteiger partial charge in [0, 0.05) is 38.1 Å². The highest BCUT2D eigenvalue weighted by atomic mass is 16.5. The van der Waals surface area contributed by atoms with Gasteiger partial charge in [-0.15, -0.1) is 0 Å². The Hall–Kier alpha value is -2.08. The third-order valence-electron chi connectivity index (χ3n) is 4.80. The van der Waals surface area contributed by atoms with Crippen molar-refractivity contribution < 1.29 is 14.3 Å². The zero-order valence-electron chi connectivity index (χ0n) is 15.6. The normalized spacial score (nSPS) is 14.7. The molecule has 6 heteroatoms. The fourth-order valence-electron chi connectivity index (χ4n) is 2.93. The summed E-state index contributed by atoms with van der Waals surface area (Å²) in [5, 5.41) is 5.71. The van der Waals surface area contributed by atoms with Gasteiger partial charge in [-0.2, -0.15) is 0 Å². The maximum Gasteiger partial charge on any atom is 0.240 e. The second kappa shape index (κ2) is 8.34. The van der Waals surface area contributed by atoms with Gasteiger partial charge >= 0.3 is 0 Å². The first-order valence-electron chi connectivity index (χ1n) is 8.92. The Morgan fingerprint density at radius 1 is 1.20 bits per heavy atom. The molecule has 0 radical (unpaired) electrons. The van der Waals surface area contributed by atoms with E-state index in [1.165, 1.54) is 0 Å². The highest BCUT2D eigenvalue weighted by Crippen LogP contribution is 2.47. The number of nitrogens with one attached hydrogen (secondary N) is 2. The van der Waals surface area contributed by atoms with Gasteiger partial charge in [-0.3, -0.25) is 9.59 Å². The first-order chi connectivity index (χ1) is 12.0. The van der Waals surface area contributed by atoms with Crippen LogP contribution in [-0.2, 0) is 14.3 Å². The van der Waals surface area contributed by atoms with Gasteiger partial charge in [-0.25, -0.2) is 0 Å². The zero-order chi connectivity index (χ0) is 18.4. The monoisotopic (exact) mass is 347 g/mol. The second-order valence-corrected chi connectivity index (χ2v) is 6.46. The van der Waals surface area contributed by atoms with E-state index in [9.17, 15) is 9.59 Å². The highest BCUT2D eigenvalue weighted by molar-refractivity contribution is 6.13. The Bertz CT molecular complexity index is 622. The minimum absolute atomic E-state index is 0.209. The van der Waals surface area contributed by atoms with E-state index in [4.69, 9.17) is 4.74 Å². The van der Waals surface area contributed by atoms with Crippen molar-refractivity contribution in [2.75, 3.05) is 43.6 Å². The Kier molecular flexibility index (Phi) is 6.42. The van der Waals surface area contributed by atoms with E-state index < -0.39 is 5.41 Å². The number of amides is 2. The molecule has 1 aliphatic rings. The van der Waals surface area contributed by atoms with E-state index >= 15 is 0 Å². The van der Waals surface area contributed by atoms with Gasteiger partial charge in [0.15, 0.2) is 0 Å². The number of ether oxygens (including phenoxy) is 1. The van der Waals surface area contributed by atoms with Crippen molar-refractivity contribution in [3.8, 4) is 0 Å². The SMILES string of the molecule is CCN(CC)c1ccc(NC(=O)C2(C(=O)NCCOC)CC2)c(C)c1. The molecule has 0 heterocycles. The fourth-order valence-corrected chi connectivity index (χ4v) is 2.93. The summed E-state index contributed by atoms with van der Waals surface area (Å²) < 4.78 is 4.93. The van der Waals surface area contributed by atoms with Crippen molar-refractivity contribution in [3.05, 3.63) is 23.8 Å². The van der Waals surface area contributed by atoms with Gasteiger partial charge in [0.25, 0.3) is 0 Å². The molecular weight excluding hydrogens is 318 g/mol. The summed E-state index contributed by atoms with van der Waals surface area (Å²) in [5.74, 6) is -0.430. The number of carbonyl (C=O) groups excluding carboxylic acids is 2. The molecule has 1 fully saturated rings. The number of carbonyl (C=O) groups is 2. The lowest BCUT2D eigenvalue weighted by Gasteiger charge is -2.22. The molecule has 6 nitrogen and oxygen atoms in total. The van der Waals surface area contributed by atoms with Gasteiger partial charge < -0.3 is 20.3 Å². The number of methoxy groups -OCH3 is 1. The number of aryl methyl sites for hydroxylation is 1. The van der Waals surface area contributed by atoms with Crippen LogP contribution < -0.4 is 15.5 Å². The summed E-state index contributed by atoms with van der Waals surface area (Å²) in [6.45, 7) is 8.94. The minimum Gasteiger partial charge on any atom is -0.383 e. The van der Waals surface area contributed by atoms with Crippen LogP contribution in [0, 0.1) is 12.3 Å². The van der Waals surface area contributed by atoms with Crippen LogP contribution in [0.4, 0.5) is 11.4 Å². The fraction of sp³-hybridized carbons (Fsp3) is 0.579. The Morgan fingerprint density at radius 3 is 2.40 bits per heavy atom. The first-order valence-corrected chi connectivity index (χ1v) is 8.92. The highest BCUT2D eigenvalue weighted by Gasteiger charge is 2.56. The molecule has 2 N–H and O–H groups in total. The van der Waals surface area contributed by atoms with Gasteiger partial charge in [0.1, 0.15) is 5.41 Å². The predicted molar refractivity (Wildman–Crippen MR) is 99.9 cm³/mol. The topological polar surface area (TPSA) is 70.7 Å². The first kappa shape index (κ1) is 19.2. The molecule has 0 spiro atoms. The summed E-state index contributed by atoms with van der Waals surface area (Å²) in [6.07, 6.45) is 1.18. The quantitative estimate of drug-likeness (QED) is 0.531.